The maximum Gasteiger partial charge on any atom is 0.243 e. The molecular weight excluding hydrogens is 280 g/mol. The van der Waals surface area contributed by atoms with Crippen molar-refractivity contribution in [1.29, 1.82) is 0 Å². The molecule has 7 nitrogen and oxygen atoms in total. The summed E-state index contributed by atoms with van der Waals surface area (Å²) in [4.78, 5) is 20.3. The molecule has 0 aliphatic rings. The Balaban J connectivity index is 1.64. The predicted molar refractivity (Wildman–Crippen MR) is 80.1 cm³/mol. The van der Waals surface area contributed by atoms with Gasteiger partial charge in [0.2, 0.25) is 5.91 Å². The fourth-order valence-electron chi connectivity index (χ4n) is 2.07. The van der Waals surface area contributed by atoms with Gasteiger partial charge in [0.25, 0.3) is 0 Å². The quantitative estimate of drug-likeness (QED) is 0.770. The summed E-state index contributed by atoms with van der Waals surface area (Å²) in [6.07, 6.45) is 10.3. The third kappa shape index (κ3) is 3.03. The summed E-state index contributed by atoms with van der Waals surface area (Å²) in [6.45, 7) is 2.27. The lowest BCUT2D eigenvalue weighted by molar-refractivity contribution is -0.124. The zero-order chi connectivity index (χ0) is 15.4. The van der Waals surface area contributed by atoms with Gasteiger partial charge < -0.3 is 9.88 Å². The van der Waals surface area contributed by atoms with E-state index in [2.05, 4.69) is 20.4 Å². The molecule has 0 fully saturated rings. The molecule has 0 aromatic carbocycles. The van der Waals surface area contributed by atoms with Crippen LogP contribution in [0, 0.1) is 0 Å². The highest BCUT2D eigenvalue weighted by Crippen LogP contribution is 2.08. The summed E-state index contributed by atoms with van der Waals surface area (Å²) >= 11 is 0. The van der Waals surface area contributed by atoms with E-state index in [1.165, 1.54) is 0 Å². The number of carbonyl (C=O) groups is 1. The monoisotopic (exact) mass is 296 g/mol. The van der Waals surface area contributed by atoms with Crippen LogP contribution in [0.5, 0.6) is 0 Å². The van der Waals surface area contributed by atoms with Crippen molar-refractivity contribution in [3.05, 3.63) is 61.1 Å². The van der Waals surface area contributed by atoms with Crippen LogP contribution in [0.2, 0.25) is 0 Å². The lowest BCUT2D eigenvalue weighted by atomic mass is 10.2. The highest BCUT2D eigenvalue weighted by atomic mass is 16.2. The molecule has 0 aliphatic carbocycles. The molecule has 1 N–H and O–H groups in total. The van der Waals surface area contributed by atoms with E-state index in [1.54, 1.807) is 40.4 Å². The van der Waals surface area contributed by atoms with Crippen molar-refractivity contribution >= 4 is 5.91 Å². The summed E-state index contributed by atoms with van der Waals surface area (Å²) in [5, 5.41) is 7.06. The molecule has 0 saturated carbocycles. The van der Waals surface area contributed by atoms with Gasteiger partial charge in [-0.2, -0.15) is 5.10 Å². The summed E-state index contributed by atoms with van der Waals surface area (Å²) in [5.41, 5.74) is 0.965. The first-order valence-corrected chi connectivity index (χ1v) is 6.94. The molecule has 0 aliphatic heterocycles. The summed E-state index contributed by atoms with van der Waals surface area (Å²) in [6, 6.07) is 5.31. The SMILES string of the molecule is CC(C(=O)NCc1ccnc(-n2cccn2)c1)n1ccnc1. The molecule has 3 aromatic heterocycles. The van der Waals surface area contributed by atoms with Crippen molar-refractivity contribution in [3.8, 4) is 5.82 Å². The van der Waals surface area contributed by atoms with Crippen molar-refractivity contribution in [2.45, 2.75) is 19.5 Å². The van der Waals surface area contributed by atoms with Crippen LogP contribution >= 0.6 is 0 Å². The summed E-state index contributed by atoms with van der Waals surface area (Å²) in [7, 11) is 0. The van der Waals surface area contributed by atoms with E-state index in [-0.39, 0.29) is 11.9 Å². The highest BCUT2D eigenvalue weighted by Gasteiger charge is 2.13. The normalized spacial score (nSPS) is 12.0. The Morgan fingerprint density at radius 2 is 2.23 bits per heavy atom. The average molecular weight is 296 g/mol. The second kappa shape index (κ2) is 6.21. The Labute approximate surface area is 127 Å². The zero-order valence-electron chi connectivity index (χ0n) is 12.1. The van der Waals surface area contributed by atoms with Gasteiger partial charge in [0, 0.05) is 37.5 Å². The standard InChI is InChI=1S/C15H16N6O/c1-12(20-8-6-16-11-20)15(22)18-10-13-3-5-17-14(9-13)21-7-2-4-19-21/h2-9,11-12H,10H2,1H3,(H,18,22). The van der Waals surface area contributed by atoms with Crippen LogP contribution in [-0.2, 0) is 11.3 Å². The number of nitrogens with one attached hydrogen (secondary N) is 1. The summed E-state index contributed by atoms with van der Waals surface area (Å²) < 4.78 is 3.44. The predicted octanol–water partition coefficient (Wildman–Crippen LogP) is 1.34. The van der Waals surface area contributed by atoms with E-state index in [0.717, 1.165) is 11.4 Å². The average Bonchev–Trinajstić information content (AvgIpc) is 3.24. The molecule has 0 saturated heterocycles. The largest absolute Gasteiger partial charge is 0.350 e. The Hall–Kier alpha value is -2.96. The van der Waals surface area contributed by atoms with Crippen molar-refractivity contribution in [3.63, 3.8) is 0 Å². The third-order valence-corrected chi connectivity index (χ3v) is 3.37. The van der Waals surface area contributed by atoms with Crippen molar-refractivity contribution in [2.75, 3.05) is 0 Å². The van der Waals surface area contributed by atoms with E-state index in [4.69, 9.17) is 0 Å². The molecular formula is C15H16N6O. The number of imidazole rings is 1. The van der Waals surface area contributed by atoms with Gasteiger partial charge in [0.1, 0.15) is 6.04 Å². The van der Waals surface area contributed by atoms with Gasteiger partial charge in [0.15, 0.2) is 5.82 Å². The number of aromatic nitrogens is 5. The Kier molecular flexibility index (Phi) is 3.95. The van der Waals surface area contributed by atoms with Crippen LogP contribution in [-0.4, -0.2) is 30.2 Å². The Morgan fingerprint density at radius 1 is 1.32 bits per heavy atom. The number of amides is 1. The van der Waals surface area contributed by atoms with Crippen molar-refractivity contribution in [1.82, 2.24) is 29.6 Å². The van der Waals surface area contributed by atoms with Gasteiger partial charge in [-0.15, -0.1) is 0 Å². The molecule has 1 unspecified atom stereocenters. The zero-order valence-corrected chi connectivity index (χ0v) is 12.1. The first-order valence-electron chi connectivity index (χ1n) is 6.94. The van der Waals surface area contributed by atoms with Gasteiger partial charge in [0.05, 0.1) is 6.33 Å². The van der Waals surface area contributed by atoms with Crippen LogP contribution < -0.4 is 5.32 Å². The van der Waals surface area contributed by atoms with E-state index in [9.17, 15) is 4.79 Å². The smallest absolute Gasteiger partial charge is 0.243 e. The van der Waals surface area contributed by atoms with Gasteiger partial charge in [-0.3, -0.25) is 4.79 Å². The van der Waals surface area contributed by atoms with Gasteiger partial charge >= 0.3 is 0 Å². The summed E-state index contributed by atoms with van der Waals surface area (Å²) in [5.74, 6) is 0.662. The molecule has 0 radical (unpaired) electrons. The van der Waals surface area contributed by atoms with Crippen molar-refractivity contribution in [2.24, 2.45) is 0 Å². The molecule has 3 aromatic rings. The fraction of sp³-hybridized carbons (Fsp3) is 0.200. The minimum absolute atomic E-state index is 0.0598. The maximum absolute atomic E-state index is 12.1. The second-order valence-electron chi connectivity index (χ2n) is 4.88. The molecule has 1 amide bonds. The minimum atomic E-state index is -0.296. The molecule has 0 spiro atoms. The van der Waals surface area contributed by atoms with Crippen molar-refractivity contribution < 1.29 is 4.79 Å². The molecule has 3 heterocycles. The van der Waals surface area contributed by atoms with Crippen LogP contribution in [0.4, 0.5) is 0 Å². The lowest BCUT2D eigenvalue weighted by Gasteiger charge is -2.13. The maximum atomic E-state index is 12.1. The molecule has 3 rings (SSSR count). The number of nitrogens with zero attached hydrogens (tertiary/aromatic N) is 5. The van der Waals surface area contributed by atoms with E-state index >= 15 is 0 Å². The van der Waals surface area contributed by atoms with E-state index in [0.29, 0.717) is 6.54 Å². The molecule has 0 bridgehead atoms. The first kappa shape index (κ1) is 14.0. The number of rotatable bonds is 5. The highest BCUT2D eigenvalue weighted by molar-refractivity contribution is 5.79. The van der Waals surface area contributed by atoms with E-state index in [1.807, 2.05) is 31.3 Å². The van der Waals surface area contributed by atoms with Crippen LogP contribution in [0.15, 0.2) is 55.5 Å². The Bertz CT molecular complexity index is 735. The Morgan fingerprint density at radius 3 is 2.95 bits per heavy atom. The molecule has 22 heavy (non-hydrogen) atoms. The number of hydrogen-bond acceptors (Lipinski definition) is 4. The molecule has 1 atom stereocenters. The van der Waals surface area contributed by atoms with Gasteiger partial charge in [-0.05, 0) is 30.7 Å². The van der Waals surface area contributed by atoms with E-state index < -0.39 is 0 Å². The van der Waals surface area contributed by atoms with Crippen LogP contribution in [0.1, 0.15) is 18.5 Å². The molecule has 112 valence electrons. The second-order valence-corrected chi connectivity index (χ2v) is 4.88. The first-order chi connectivity index (χ1) is 10.7. The molecule has 7 heteroatoms. The minimum Gasteiger partial charge on any atom is -0.350 e. The third-order valence-electron chi connectivity index (χ3n) is 3.37. The van der Waals surface area contributed by atoms with Crippen LogP contribution in [0.3, 0.4) is 0 Å². The van der Waals surface area contributed by atoms with Crippen LogP contribution in [0.25, 0.3) is 5.82 Å². The lowest BCUT2D eigenvalue weighted by Crippen LogP contribution is -2.30. The fourth-order valence-corrected chi connectivity index (χ4v) is 2.07. The van der Waals surface area contributed by atoms with Gasteiger partial charge in [-0.25, -0.2) is 14.6 Å². The van der Waals surface area contributed by atoms with Gasteiger partial charge in [-0.1, -0.05) is 0 Å². The number of carbonyl (C=O) groups excluding carboxylic acids is 1. The number of hydrogen-bond donors (Lipinski definition) is 1. The topological polar surface area (TPSA) is 77.6 Å². The number of pyridine rings is 1.